The van der Waals surface area contributed by atoms with E-state index in [2.05, 4.69) is 0 Å². The second-order valence-electron chi connectivity index (χ2n) is 8.04. The summed E-state index contributed by atoms with van der Waals surface area (Å²) in [6.07, 6.45) is 0. The van der Waals surface area contributed by atoms with Gasteiger partial charge in [-0.3, -0.25) is 14.6 Å². The molecule has 0 aromatic heterocycles. The van der Waals surface area contributed by atoms with Crippen molar-refractivity contribution in [3.05, 3.63) is 101 Å². The number of hydrogen-bond acceptors (Lipinski definition) is 6. The molecule has 0 aliphatic carbocycles. The van der Waals surface area contributed by atoms with Gasteiger partial charge in [-0.1, -0.05) is 72.3 Å². The Kier molecular flexibility index (Phi) is 7.83. The first-order valence-corrected chi connectivity index (χ1v) is 12.0. The van der Waals surface area contributed by atoms with Gasteiger partial charge in [0, 0.05) is 5.02 Å². The molecule has 0 saturated carbocycles. The molecule has 0 saturated heterocycles. The van der Waals surface area contributed by atoms with Gasteiger partial charge in [0.15, 0.2) is 5.92 Å². The summed E-state index contributed by atoms with van der Waals surface area (Å²) in [5.74, 6) is -3.14. The summed E-state index contributed by atoms with van der Waals surface area (Å²) >= 11 is 6.19. The third kappa shape index (κ3) is 5.23. The Bertz CT molecular complexity index is 1160. The molecule has 1 aliphatic heterocycles. The highest BCUT2D eigenvalue weighted by Gasteiger charge is 2.51. The summed E-state index contributed by atoms with van der Waals surface area (Å²) in [5.41, 5.74) is 3.11. The Balaban J connectivity index is 1.94. The van der Waals surface area contributed by atoms with Gasteiger partial charge in [0.1, 0.15) is 0 Å². The summed E-state index contributed by atoms with van der Waals surface area (Å²) in [5, 5.41) is 7.45. The molecule has 2 atom stereocenters. The van der Waals surface area contributed by atoms with E-state index in [9.17, 15) is 9.59 Å². The molecule has 0 N–H and O–H groups in total. The zero-order valence-corrected chi connectivity index (χ0v) is 20.4. The summed E-state index contributed by atoms with van der Waals surface area (Å²) < 4.78 is 10.8. The highest BCUT2D eigenvalue weighted by molar-refractivity contribution is 6.30. The van der Waals surface area contributed by atoms with Gasteiger partial charge in [-0.15, -0.1) is 0 Å². The summed E-state index contributed by atoms with van der Waals surface area (Å²) in [6.45, 7) is 3.72. The summed E-state index contributed by atoms with van der Waals surface area (Å²) in [4.78, 5) is 26.6. The van der Waals surface area contributed by atoms with Crippen molar-refractivity contribution in [1.82, 2.24) is 0 Å². The average Bonchev–Trinajstić information content (AvgIpc) is 3.26. The molecule has 0 unspecified atom stereocenters. The van der Waals surface area contributed by atoms with Gasteiger partial charge in [-0.05, 0) is 49.2 Å². The molecule has 0 spiro atoms. The zero-order chi connectivity index (χ0) is 24.8. The molecular weight excluding hydrogens is 464 g/mol. The van der Waals surface area contributed by atoms with E-state index in [1.54, 1.807) is 26.0 Å². The Labute approximate surface area is 210 Å². The van der Waals surface area contributed by atoms with E-state index in [0.29, 0.717) is 10.7 Å². The first-order chi connectivity index (χ1) is 17.0. The number of benzene rings is 3. The molecular formula is C28H27ClN2O4. The number of rotatable bonds is 8. The SMILES string of the molecule is CCOC(=O)C(C(=O)OCC)[C@H]1C(c2ccccc2)=NN(c2ccccc2)[C@@H]1c1ccc(Cl)cc1. The van der Waals surface area contributed by atoms with Crippen molar-refractivity contribution in [3.8, 4) is 0 Å². The van der Waals surface area contributed by atoms with Crippen LogP contribution in [0.2, 0.25) is 5.02 Å². The second-order valence-corrected chi connectivity index (χ2v) is 8.47. The lowest BCUT2D eigenvalue weighted by Crippen LogP contribution is -2.41. The summed E-state index contributed by atoms with van der Waals surface area (Å²) in [7, 11) is 0. The Morgan fingerprint density at radius 2 is 1.40 bits per heavy atom. The van der Waals surface area contributed by atoms with Crippen molar-refractivity contribution in [2.75, 3.05) is 18.2 Å². The van der Waals surface area contributed by atoms with Gasteiger partial charge in [-0.2, -0.15) is 5.10 Å². The van der Waals surface area contributed by atoms with Crippen LogP contribution in [0.25, 0.3) is 0 Å². The molecule has 0 amide bonds. The van der Waals surface area contributed by atoms with E-state index in [1.165, 1.54) is 0 Å². The molecule has 0 radical (unpaired) electrons. The lowest BCUT2D eigenvalue weighted by molar-refractivity contribution is -0.163. The van der Waals surface area contributed by atoms with Gasteiger partial charge in [0.05, 0.1) is 36.6 Å². The van der Waals surface area contributed by atoms with Crippen LogP contribution < -0.4 is 5.01 Å². The van der Waals surface area contributed by atoms with E-state index in [4.69, 9.17) is 26.2 Å². The second kappa shape index (κ2) is 11.2. The molecule has 0 fully saturated rings. The number of hydrazone groups is 1. The maximum absolute atomic E-state index is 13.3. The standard InChI is InChI=1S/C28H27ClN2O4/c1-3-34-27(32)24(28(33)35-4-2)23-25(19-11-7-5-8-12-19)30-31(22-13-9-6-10-14-22)26(23)20-15-17-21(29)18-16-20/h5-18,23-24,26H,3-4H2,1-2H3/t23-,26+/m0/s1. The maximum Gasteiger partial charge on any atom is 0.321 e. The summed E-state index contributed by atoms with van der Waals surface area (Å²) in [6, 6.07) is 26.1. The highest BCUT2D eigenvalue weighted by Crippen LogP contribution is 2.45. The van der Waals surface area contributed by atoms with Crippen LogP contribution in [0.15, 0.2) is 90.0 Å². The van der Waals surface area contributed by atoms with Gasteiger partial charge >= 0.3 is 11.9 Å². The minimum atomic E-state index is -1.21. The molecule has 35 heavy (non-hydrogen) atoms. The van der Waals surface area contributed by atoms with Crippen molar-refractivity contribution in [3.63, 3.8) is 0 Å². The molecule has 1 heterocycles. The van der Waals surface area contributed by atoms with E-state index >= 15 is 0 Å². The molecule has 0 bridgehead atoms. The molecule has 180 valence electrons. The van der Waals surface area contributed by atoms with Crippen LogP contribution in [0.1, 0.15) is 31.0 Å². The van der Waals surface area contributed by atoms with Gasteiger partial charge in [0.25, 0.3) is 0 Å². The number of halogens is 1. The first-order valence-electron chi connectivity index (χ1n) is 11.6. The maximum atomic E-state index is 13.3. The number of ether oxygens (including phenoxy) is 2. The molecule has 3 aromatic carbocycles. The van der Waals surface area contributed by atoms with Gasteiger partial charge in [-0.25, -0.2) is 0 Å². The van der Waals surface area contributed by atoms with Crippen LogP contribution in [0, 0.1) is 11.8 Å². The Hall–Kier alpha value is -3.64. The smallest absolute Gasteiger partial charge is 0.321 e. The van der Waals surface area contributed by atoms with E-state index in [1.807, 2.05) is 77.8 Å². The average molecular weight is 491 g/mol. The number of carbonyl (C=O) groups is 2. The minimum absolute atomic E-state index is 0.146. The van der Waals surface area contributed by atoms with Crippen molar-refractivity contribution in [2.45, 2.75) is 19.9 Å². The number of nitrogens with zero attached hydrogens (tertiary/aromatic N) is 2. The van der Waals surface area contributed by atoms with Crippen molar-refractivity contribution >= 4 is 34.9 Å². The Morgan fingerprint density at radius 3 is 1.94 bits per heavy atom. The third-order valence-corrected chi connectivity index (χ3v) is 6.13. The fraction of sp³-hybridized carbons (Fsp3) is 0.250. The van der Waals surface area contributed by atoms with Gasteiger partial charge < -0.3 is 9.47 Å². The fourth-order valence-corrected chi connectivity index (χ4v) is 4.53. The number of anilines is 1. The van der Waals surface area contributed by atoms with Crippen molar-refractivity contribution in [2.24, 2.45) is 16.9 Å². The predicted octanol–water partition coefficient (Wildman–Crippen LogP) is 5.66. The van der Waals surface area contributed by atoms with Crippen LogP contribution in [0.5, 0.6) is 0 Å². The minimum Gasteiger partial charge on any atom is -0.465 e. The van der Waals surface area contributed by atoms with E-state index in [-0.39, 0.29) is 13.2 Å². The van der Waals surface area contributed by atoms with Crippen LogP contribution in [0.4, 0.5) is 5.69 Å². The molecule has 1 aliphatic rings. The third-order valence-electron chi connectivity index (χ3n) is 5.88. The number of hydrogen-bond donors (Lipinski definition) is 0. The van der Waals surface area contributed by atoms with E-state index in [0.717, 1.165) is 16.8 Å². The quantitative estimate of drug-likeness (QED) is 0.301. The van der Waals surface area contributed by atoms with Crippen LogP contribution in [-0.4, -0.2) is 30.9 Å². The lowest BCUT2D eigenvalue weighted by Gasteiger charge is -2.31. The van der Waals surface area contributed by atoms with Crippen molar-refractivity contribution < 1.29 is 19.1 Å². The topological polar surface area (TPSA) is 68.2 Å². The largest absolute Gasteiger partial charge is 0.465 e. The van der Waals surface area contributed by atoms with Crippen LogP contribution in [0.3, 0.4) is 0 Å². The van der Waals surface area contributed by atoms with Crippen LogP contribution in [-0.2, 0) is 19.1 Å². The predicted molar refractivity (Wildman–Crippen MR) is 136 cm³/mol. The first kappa shape index (κ1) is 24.5. The molecule has 3 aromatic rings. The molecule has 4 rings (SSSR count). The molecule has 6 nitrogen and oxygen atoms in total. The Morgan fingerprint density at radius 1 is 0.857 bits per heavy atom. The molecule has 7 heteroatoms. The van der Waals surface area contributed by atoms with E-state index < -0.39 is 29.8 Å². The highest BCUT2D eigenvalue weighted by atomic mass is 35.5. The fourth-order valence-electron chi connectivity index (χ4n) is 4.41. The van der Waals surface area contributed by atoms with Crippen LogP contribution >= 0.6 is 11.6 Å². The zero-order valence-electron chi connectivity index (χ0n) is 19.6. The van der Waals surface area contributed by atoms with Gasteiger partial charge in [0.2, 0.25) is 0 Å². The normalized spacial score (nSPS) is 17.3. The van der Waals surface area contributed by atoms with Crippen molar-refractivity contribution in [1.29, 1.82) is 0 Å². The monoisotopic (exact) mass is 490 g/mol. The lowest BCUT2D eigenvalue weighted by atomic mass is 9.77. The number of esters is 2. The number of para-hydroxylation sites is 1. The number of carbonyl (C=O) groups excluding carboxylic acids is 2.